The normalized spacial score (nSPS) is 13.6. The minimum atomic E-state index is -1.08. The Kier molecular flexibility index (Phi) is 7.29. The van der Waals surface area contributed by atoms with Crippen molar-refractivity contribution >= 4 is 52.5 Å². The fourth-order valence-corrected chi connectivity index (χ4v) is 4.06. The van der Waals surface area contributed by atoms with Gasteiger partial charge >= 0.3 is 0 Å². The molecular weight excluding hydrogens is 483 g/mol. The first-order chi connectivity index (χ1) is 17.8. The van der Waals surface area contributed by atoms with E-state index in [1.807, 2.05) is 41.7 Å². The number of anilines is 3. The first-order valence-corrected chi connectivity index (χ1v) is 12.5. The highest BCUT2D eigenvalue weighted by Crippen LogP contribution is 2.39. The summed E-state index contributed by atoms with van der Waals surface area (Å²) in [7, 11) is 8.93. The third kappa shape index (κ3) is 6.19. The molecule has 196 valence electrons. The third-order valence-corrected chi connectivity index (χ3v) is 5.97. The molecule has 0 atom stereocenters. The maximum atomic E-state index is 13.1. The summed E-state index contributed by atoms with van der Waals surface area (Å²) < 4.78 is 7.40. The third-order valence-electron chi connectivity index (χ3n) is 5.97. The Labute approximate surface area is 224 Å². The van der Waals surface area contributed by atoms with Crippen LogP contribution in [0.25, 0.3) is 11.3 Å². The molecule has 38 heavy (non-hydrogen) atoms. The molecule has 2 heterocycles. The second-order valence-electron chi connectivity index (χ2n) is 11.1. The van der Waals surface area contributed by atoms with Gasteiger partial charge < -0.3 is 25.8 Å². The van der Waals surface area contributed by atoms with Crippen molar-refractivity contribution in [1.29, 1.82) is 0 Å². The molecule has 0 bridgehead atoms. The van der Waals surface area contributed by atoms with Crippen molar-refractivity contribution in [2.45, 2.75) is 37.5 Å². The van der Waals surface area contributed by atoms with Gasteiger partial charge in [0.2, 0.25) is 5.91 Å². The lowest BCUT2D eigenvalue weighted by atomic mass is 9.49. The summed E-state index contributed by atoms with van der Waals surface area (Å²) in [6.45, 7) is 3.40. The molecule has 0 radical (unpaired) electrons. The molecule has 4 rings (SSSR count). The Morgan fingerprint density at radius 3 is 2.42 bits per heavy atom. The number of para-hydroxylation sites is 1. The molecule has 0 saturated heterocycles. The van der Waals surface area contributed by atoms with Crippen LogP contribution in [0, 0.1) is 5.92 Å². The topological polar surface area (TPSA) is 143 Å². The van der Waals surface area contributed by atoms with Crippen molar-refractivity contribution in [1.82, 2.24) is 25.3 Å². The molecular formula is C24H32B3N7O4. The predicted molar refractivity (Wildman–Crippen MR) is 153 cm³/mol. The Morgan fingerprint density at radius 2 is 1.84 bits per heavy atom. The largest absolute Gasteiger partial charge is 0.494 e. The van der Waals surface area contributed by atoms with Gasteiger partial charge in [0.15, 0.2) is 17.3 Å². The van der Waals surface area contributed by atoms with Gasteiger partial charge in [-0.25, -0.2) is 0 Å². The van der Waals surface area contributed by atoms with E-state index in [0.29, 0.717) is 34.1 Å². The highest BCUT2D eigenvalue weighted by Gasteiger charge is 2.30. The van der Waals surface area contributed by atoms with E-state index in [4.69, 9.17) is 4.74 Å². The van der Waals surface area contributed by atoms with E-state index in [9.17, 15) is 14.7 Å². The van der Waals surface area contributed by atoms with Gasteiger partial charge in [-0.15, -0.1) is 10.2 Å². The Hall–Kier alpha value is -3.80. The van der Waals surface area contributed by atoms with Crippen LogP contribution in [0.15, 0.2) is 30.3 Å². The summed E-state index contributed by atoms with van der Waals surface area (Å²) in [5, 5.41) is 31.7. The number of ether oxygens (including phenoxy) is 1. The van der Waals surface area contributed by atoms with Gasteiger partial charge in [-0.2, -0.15) is 5.10 Å². The lowest BCUT2D eigenvalue weighted by molar-refractivity contribution is -0.117. The van der Waals surface area contributed by atoms with E-state index < -0.39 is 16.7 Å². The SMILES string of the molecule is BC(B)(B)NC(=O)c1nnc(NC(=O)C2CC2)cc1Nc1cccc(-c2cc(C(C)(C)O)n(C)n2)c1OC. The number of hydrogen-bond acceptors (Lipinski definition) is 8. The van der Waals surface area contributed by atoms with Crippen LogP contribution >= 0.6 is 0 Å². The molecule has 2 aromatic heterocycles. The summed E-state index contributed by atoms with van der Waals surface area (Å²) in [5.74, 6) is 0.180. The molecule has 11 nitrogen and oxygen atoms in total. The van der Waals surface area contributed by atoms with Crippen LogP contribution in [0.5, 0.6) is 5.75 Å². The van der Waals surface area contributed by atoms with E-state index in [-0.39, 0.29) is 23.3 Å². The predicted octanol–water partition coefficient (Wildman–Crippen LogP) is -0.554. The zero-order valence-electron chi connectivity index (χ0n) is 22.8. The quantitative estimate of drug-likeness (QED) is 0.278. The highest BCUT2D eigenvalue weighted by molar-refractivity contribution is 6.60. The molecule has 1 fully saturated rings. The maximum absolute atomic E-state index is 13.1. The lowest BCUT2D eigenvalue weighted by Crippen LogP contribution is -2.50. The van der Waals surface area contributed by atoms with E-state index in [1.165, 1.54) is 0 Å². The fraction of sp³-hybridized carbons (Fsp3) is 0.375. The number of aryl methyl sites for hydroxylation is 1. The monoisotopic (exact) mass is 515 g/mol. The summed E-state index contributed by atoms with van der Waals surface area (Å²) in [5.41, 5.74) is 1.83. The first-order valence-electron chi connectivity index (χ1n) is 12.5. The summed E-state index contributed by atoms with van der Waals surface area (Å²) in [6.07, 6.45) is 1.70. The number of aliphatic hydroxyl groups is 1. The molecule has 1 aromatic carbocycles. The van der Waals surface area contributed by atoms with Gasteiger partial charge in [-0.05, 0) is 50.1 Å². The van der Waals surface area contributed by atoms with Gasteiger partial charge in [0, 0.05) is 24.6 Å². The molecule has 1 aliphatic rings. The van der Waals surface area contributed by atoms with Crippen molar-refractivity contribution in [2.75, 3.05) is 17.7 Å². The minimum Gasteiger partial charge on any atom is -0.494 e. The van der Waals surface area contributed by atoms with Gasteiger partial charge in [0.25, 0.3) is 5.91 Å². The first kappa shape index (κ1) is 27.2. The highest BCUT2D eigenvalue weighted by atomic mass is 16.5. The van der Waals surface area contributed by atoms with E-state index in [2.05, 4.69) is 31.2 Å². The number of benzene rings is 1. The van der Waals surface area contributed by atoms with E-state index >= 15 is 0 Å². The number of aromatic nitrogens is 4. The Balaban J connectivity index is 1.74. The van der Waals surface area contributed by atoms with E-state index in [0.717, 1.165) is 12.8 Å². The number of nitrogens with one attached hydrogen (secondary N) is 3. The zero-order valence-corrected chi connectivity index (χ0v) is 22.8. The van der Waals surface area contributed by atoms with Gasteiger partial charge in [-0.1, -0.05) is 6.07 Å². The summed E-state index contributed by atoms with van der Waals surface area (Å²) in [4.78, 5) is 25.4. The van der Waals surface area contributed by atoms with Gasteiger partial charge in [0.05, 0.1) is 29.9 Å². The molecule has 14 heteroatoms. The van der Waals surface area contributed by atoms with Crippen LogP contribution in [0.4, 0.5) is 17.2 Å². The number of carbonyl (C=O) groups excluding carboxylic acids is 2. The van der Waals surface area contributed by atoms with Crippen LogP contribution in [0.2, 0.25) is 0 Å². The van der Waals surface area contributed by atoms with E-state index in [1.54, 1.807) is 44.8 Å². The number of rotatable bonds is 9. The second kappa shape index (κ2) is 10.2. The van der Waals surface area contributed by atoms with Gasteiger partial charge in [-0.3, -0.25) is 14.3 Å². The standard InChI is InChI=1S/C24H32B3N7O4/c1-23(2,37)17-10-15(33-34(17)3)13-6-5-7-14(20(13)38-4)28-16-11-18(29-21(35)12-8-9-12)31-32-19(16)22(36)30-24(25,26)27/h5-7,10-12,37H,8-9,25-27H2,1-4H3,(H,30,36)(H2,28,29,31,35). The molecule has 3 aromatic rings. The van der Waals surface area contributed by atoms with Crippen LogP contribution in [0.1, 0.15) is 42.9 Å². The van der Waals surface area contributed by atoms with Crippen LogP contribution < -0.4 is 20.7 Å². The average Bonchev–Trinajstić information content (AvgIpc) is 3.58. The fourth-order valence-electron chi connectivity index (χ4n) is 4.06. The molecule has 0 spiro atoms. The molecule has 0 aliphatic heterocycles. The number of carbonyl (C=O) groups is 2. The average molecular weight is 515 g/mol. The van der Waals surface area contributed by atoms with Crippen LogP contribution in [-0.2, 0) is 17.4 Å². The molecule has 1 aliphatic carbocycles. The summed E-state index contributed by atoms with van der Waals surface area (Å²) >= 11 is 0. The van der Waals surface area contributed by atoms with Gasteiger partial charge in [0.1, 0.15) is 29.1 Å². The number of methoxy groups -OCH3 is 1. The maximum Gasteiger partial charge on any atom is 0.272 e. The van der Waals surface area contributed by atoms with Crippen molar-refractivity contribution in [3.05, 3.63) is 41.7 Å². The number of nitrogens with zero attached hydrogens (tertiary/aromatic N) is 4. The second-order valence-corrected chi connectivity index (χ2v) is 11.1. The van der Waals surface area contributed by atoms with Crippen molar-refractivity contribution in [2.24, 2.45) is 13.0 Å². The van der Waals surface area contributed by atoms with Crippen LogP contribution in [-0.4, -0.2) is 72.8 Å². The molecule has 1 saturated carbocycles. The smallest absolute Gasteiger partial charge is 0.272 e. The zero-order chi connectivity index (χ0) is 27.8. The Morgan fingerprint density at radius 1 is 1.13 bits per heavy atom. The molecule has 4 N–H and O–H groups in total. The molecule has 2 amide bonds. The number of amides is 2. The Bertz CT molecular complexity index is 1380. The number of hydrogen-bond donors (Lipinski definition) is 4. The molecule has 0 unspecified atom stereocenters. The lowest BCUT2D eigenvalue weighted by Gasteiger charge is -2.22. The van der Waals surface area contributed by atoms with Crippen molar-refractivity contribution < 1.29 is 19.4 Å². The van der Waals surface area contributed by atoms with Crippen molar-refractivity contribution in [3.8, 4) is 17.0 Å². The summed E-state index contributed by atoms with van der Waals surface area (Å²) in [6, 6.07) is 8.89. The minimum absolute atomic E-state index is 0.0130. The van der Waals surface area contributed by atoms with Crippen LogP contribution in [0.3, 0.4) is 0 Å². The van der Waals surface area contributed by atoms with Crippen molar-refractivity contribution in [3.63, 3.8) is 0 Å².